The van der Waals surface area contributed by atoms with Crippen molar-refractivity contribution in [3.8, 4) is 0 Å². The first-order valence-corrected chi connectivity index (χ1v) is 6.84. The minimum Gasteiger partial charge on any atom is -0.409 e. The van der Waals surface area contributed by atoms with Crippen molar-refractivity contribution in [2.45, 2.75) is 32.5 Å². The molecule has 1 aromatic heterocycles. The molecule has 0 bridgehead atoms. The number of ether oxygens (including phenoxy) is 1. The van der Waals surface area contributed by atoms with Crippen LogP contribution in [0.2, 0.25) is 0 Å². The third kappa shape index (κ3) is 2.96. The normalized spacial score (nSPS) is 22.6. The lowest BCUT2D eigenvalue weighted by Crippen LogP contribution is -2.54. The lowest BCUT2D eigenvalue weighted by atomic mass is 10.0. The minimum absolute atomic E-state index is 0.0282. The molecule has 1 aliphatic rings. The van der Waals surface area contributed by atoms with Crippen LogP contribution in [0.5, 0.6) is 0 Å². The fourth-order valence-electron chi connectivity index (χ4n) is 2.91. The van der Waals surface area contributed by atoms with Crippen LogP contribution in [0.3, 0.4) is 0 Å². The van der Waals surface area contributed by atoms with Gasteiger partial charge in [-0.15, -0.1) is 0 Å². The van der Waals surface area contributed by atoms with Gasteiger partial charge in [0.15, 0.2) is 5.84 Å². The fourth-order valence-corrected chi connectivity index (χ4v) is 2.91. The molecule has 1 saturated heterocycles. The van der Waals surface area contributed by atoms with Crippen LogP contribution in [0.15, 0.2) is 5.16 Å². The zero-order valence-corrected chi connectivity index (χ0v) is 12.9. The van der Waals surface area contributed by atoms with Gasteiger partial charge in [0.2, 0.25) is 0 Å². The predicted octanol–water partition coefficient (Wildman–Crippen LogP) is -0.201. The lowest BCUT2D eigenvalue weighted by Gasteiger charge is -2.43. The molecular formula is C13H23N5O3. The van der Waals surface area contributed by atoms with E-state index in [4.69, 9.17) is 15.7 Å². The van der Waals surface area contributed by atoms with E-state index in [9.17, 15) is 5.11 Å². The van der Waals surface area contributed by atoms with E-state index in [1.807, 2.05) is 27.8 Å². The molecule has 0 radical (unpaired) electrons. The highest BCUT2D eigenvalue weighted by Gasteiger charge is 2.36. The number of aromatic nitrogens is 2. The number of aryl methyl sites for hydroxylation is 2. The van der Waals surface area contributed by atoms with E-state index in [1.165, 1.54) is 0 Å². The number of oxime groups is 1. The summed E-state index contributed by atoms with van der Waals surface area (Å²) < 4.78 is 7.52. The quantitative estimate of drug-likeness (QED) is 0.308. The molecular weight excluding hydrogens is 274 g/mol. The van der Waals surface area contributed by atoms with Gasteiger partial charge in [0.1, 0.15) is 5.82 Å². The second-order valence-corrected chi connectivity index (χ2v) is 5.96. The minimum atomic E-state index is -0.411. The molecule has 1 aliphatic heterocycles. The Morgan fingerprint density at radius 3 is 2.81 bits per heavy atom. The molecule has 1 fully saturated rings. The first-order chi connectivity index (χ1) is 9.79. The summed E-state index contributed by atoms with van der Waals surface area (Å²) in [6, 6.07) is 0. The van der Waals surface area contributed by atoms with E-state index < -0.39 is 5.60 Å². The van der Waals surface area contributed by atoms with Gasteiger partial charge in [-0.05, 0) is 20.8 Å². The average Bonchev–Trinajstić information content (AvgIpc) is 2.70. The molecule has 1 atom stereocenters. The van der Waals surface area contributed by atoms with Crippen LogP contribution in [0.4, 0.5) is 5.82 Å². The van der Waals surface area contributed by atoms with Gasteiger partial charge < -0.3 is 25.7 Å². The van der Waals surface area contributed by atoms with Crippen molar-refractivity contribution < 1.29 is 15.1 Å². The number of hydrogen-bond donors (Lipinski definition) is 3. The molecule has 2 rings (SSSR count). The monoisotopic (exact) mass is 297 g/mol. The highest BCUT2D eigenvalue weighted by atomic mass is 16.5. The van der Waals surface area contributed by atoms with Crippen molar-refractivity contribution in [2.75, 3.05) is 24.6 Å². The third-order valence-electron chi connectivity index (χ3n) is 3.54. The Hall–Kier alpha value is -1.80. The highest BCUT2D eigenvalue weighted by Crippen LogP contribution is 2.29. The summed E-state index contributed by atoms with van der Waals surface area (Å²) in [4.78, 5) is 2.05. The van der Waals surface area contributed by atoms with Gasteiger partial charge in [0.05, 0.1) is 29.6 Å². The first kappa shape index (κ1) is 15.6. The Morgan fingerprint density at radius 2 is 2.24 bits per heavy atom. The van der Waals surface area contributed by atoms with Crippen molar-refractivity contribution in [3.05, 3.63) is 11.3 Å². The van der Waals surface area contributed by atoms with Gasteiger partial charge in [-0.3, -0.25) is 4.68 Å². The summed E-state index contributed by atoms with van der Waals surface area (Å²) >= 11 is 0. The van der Waals surface area contributed by atoms with Gasteiger partial charge in [0.25, 0.3) is 0 Å². The molecule has 0 aromatic carbocycles. The molecule has 0 amide bonds. The van der Waals surface area contributed by atoms with E-state index in [1.54, 1.807) is 4.68 Å². The number of aliphatic hydroxyl groups is 1. The summed E-state index contributed by atoms with van der Waals surface area (Å²) in [5.74, 6) is 0.790. The largest absolute Gasteiger partial charge is 0.409 e. The van der Waals surface area contributed by atoms with E-state index in [0.29, 0.717) is 24.3 Å². The predicted molar refractivity (Wildman–Crippen MR) is 78.7 cm³/mol. The number of nitrogens with two attached hydrogens (primary N) is 1. The number of hydrogen-bond acceptors (Lipinski definition) is 6. The van der Waals surface area contributed by atoms with Crippen molar-refractivity contribution in [2.24, 2.45) is 17.9 Å². The van der Waals surface area contributed by atoms with Crippen LogP contribution in [-0.2, 0) is 11.8 Å². The van der Waals surface area contributed by atoms with Crippen LogP contribution < -0.4 is 10.6 Å². The summed E-state index contributed by atoms with van der Waals surface area (Å²) in [6.45, 7) is 6.82. The Morgan fingerprint density at radius 1 is 1.57 bits per heavy atom. The van der Waals surface area contributed by atoms with Crippen LogP contribution in [-0.4, -0.2) is 57.3 Å². The first-order valence-electron chi connectivity index (χ1n) is 6.84. The van der Waals surface area contributed by atoms with Gasteiger partial charge in [-0.1, -0.05) is 5.16 Å². The Bertz CT molecular complexity index is 552. The van der Waals surface area contributed by atoms with E-state index in [2.05, 4.69) is 15.2 Å². The molecule has 4 N–H and O–H groups in total. The van der Waals surface area contributed by atoms with Crippen molar-refractivity contribution >= 4 is 11.7 Å². The average molecular weight is 297 g/mol. The summed E-state index contributed by atoms with van der Waals surface area (Å²) in [7, 11) is 1.81. The van der Waals surface area contributed by atoms with E-state index in [0.717, 1.165) is 5.82 Å². The van der Waals surface area contributed by atoms with Gasteiger partial charge >= 0.3 is 0 Å². The number of rotatable bonds is 3. The fraction of sp³-hybridized carbons (Fsp3) is 0.692. The van der Waals surface area contributed by atoms with Crippen molar-refractivity contribution in [1.82, 2.24) is 9.78 Å². The van der Waals surface area contributed by atoms with Crippen LogP contribution in [0, 0.1) is 6.92 Å². The number of amidine groups is 1. The second kappa shape index (κ2) is 5.53. The molecule has 21 heavy (non-hydrogen) atoms. The molecule has 8 nitrogen and oxygen atoms in total. The number of anilines is 1. The zero-order valence-electron chi connectivity index (χ0n) is 12.9. The van der Waals surface area contributed by atoms with E-state index in [-0.39, 0.29) is 18.5 Å². The summed E-state index contributed by atoms with van der Waals surface area (Å²) in [5, 5.41) is 25.9. The van der Waals surface area contributed by atoms with Crippen LogP contribution in [0.25, 0.3) is 0 Å². The molecule has 8 heteroatoms. The molecule has 0 saturated carbocycles. The molecule has 118 valence electrons. The van der Waals surface area contributed by atoms with Crippen molar-refractivity contribution in [3.63, 3.8) is 0 Å². The number of nitrogens with zero attached hydrogens (tertiary/aromatic N) is 4. The topological polar surface area (TPSA) is 109 Å². The molecule has 1 unspecified atom stereocenters. The van der Waals surface area contributed by atoms with Gasteiger partial charge in [-0.2, -0.15) is 5.10 Å². The van der Waals surface area contributed by atoms with Crippen LogP contribution in [0.1, 0.15) is 25.1 Å². The van der Waals surface area contributed by atoms with Gasteiger partial charge in [0, 0.05) is 20.1 Å². The SMILES string of the molecule is Cc1nn(C)c(N2CC(CO)OC(C)(C)C2)c1C(N)=NO. The molecule has 2 heterocycles. The number of morpholine rings is 1. The molecule has 0 aliphatic carbocycles. The maximum absolute atomic E-state index is 9.42. The van der Waals surface area contributed by atoms with E-state index >= 15 is 0 Å². The standard InChI is InChI=1S/C13H23N5O3/c1-8-10(11(14)16-20)12(17(4)15-8)18-5-9(6-19)21-13(2,3)7-18/h9,19-20H,5-7H2,1-4H3,(H2,14,16). The highest BCUT2D eigenvalue weighted by molar-refractivity contribution is 6.02. The lowest BCUT2D eigenvalue weighted by molar-refractivity contribution is -0.101. The summed E-state index contributed by atoms with van der Waals surface area (Å²) in [5.41, 5.74) is 6.67. The maximum atomic E-state index is 9.42. The van der Waals surface area contributed by atoms with Crippen LogP contribution >= 0.6 is 0 Å². The maximum Gasteiger partial charge on any atom is 0.175 e. The molecule has 0 spiro atoms. The number of aliphatic hydroxyl groups excluding tert-OH is 1. The Kier molecular flexibility index (Phi) is 4.11. The van der Waals surface area contributed by atoms with Crippen molar-refractivity contribution in [1.29, 1.82) is 0 Å². The summed E-state index contributed by atoms with van der Waals surface area (Å²) in [6.07, 6.45) is -0.288. The second-order valence-electron chi connectivity index (χ2n) is 5.96. The Labute approximate surface area is 123 Å². The zero-order chi connectivity index (χ0) is 15.8. The Balaban J connectivity index is 2.46. The molecule has 1 aromatic rings. The smallest absolute Gasteiger partial charge is 0.175 e. The third-order valence-corrected chi connectivity index (χ3v) is 3.54. The van der Waals surface area contributed by atoms with Gasteiger partial charge in [-0.25, -0.2) is 0 Å².